The van der Waals surface area contributed by atoms with E-state index >= 15 is 0 Å². The molecule has 0 aliphatic heterocycles. The van der Waals surface area contributed by atoms with Crippen LogP contribution in [0.2, 0.25) is 0 Å². The summed E-state index contributed by atoms with van der Waals surface area (Å²) in [5, 5.41) is 0.943. The Balaban J connectivity index is 2.82. The second-order valence-electron chi connectivity index (χ2n) is 3.55. The molecular formula is C14H16N2O2. The highest BCUT2D eigenvalue weighted by Gasteiger charge is 2.13. The third-order valence-corrected chi connectivity index (χ3v) is 2.29. The van der Waals surface area contributed by atoms with Crippen molar-refractivity contribution in [1.82, 2.24) is 0 Å². The van der Waals surface area contributed by atoms with Crippen LogP contribution in [0.5, 0.6) is 0 Å². The van der Waals surface area contributed by atoms with Crippen LogP contribution in [0.4, 0.5) is 5.69 Å². The normalized spacial score (nSPS) is 10.7. The van der Waals surface area contributed by atoms with Gasteiger partial charge in [-0.1, -0.05) is 43.5 Å². The van der Waals surface area contributed by atoms with Crippen molar-refractivity contribution < 1.29 is 9.63 Å². The number of carbonyl (C=O) groups excluding carboxylic acids is 1. The second kappa shape index (κ2) is 6.42. The van der Waals surface area contributed by atoms with Gasteiger partial charge >= 0.3 is 5.97 Å². The maximum absolute atomic E-state index is 11.7. The molecule has 0 radical (unpaired) electrons. The van der Waals surface area contributed by atoms with E-state index in [-0.39, 0.29) is 5.57 Å². The van der Waals surface area contributed by atoms with Gasteiger partial charge in [0.1, 0.15) is 0 Å². The molecule has 2 N–H and O–H groups in total. The zero-order valence-corrected chi connectivity index (χ0v) is 10.3. The number of rotatable bonds is 5. The van der Waals surface area contributed by atoms with Gasteiger partial charge in [-0.3, -0.25) is 0 Å². The van der Waals surface area contributed by atoms with E-state index in [0.717, 1.165) is 10.7 Å². The number of para-hydroxylation sites is 1. The van der Waals surface area contributed by atoms with Gasteiger partial charge in [0.05, 0.1) is 11.3 Å². The Bertz CT molecular complexity index is 492. The molecule has 0 aliphatic carbocycles. The van der Waals surface area contributed by atoms with Crippen LogP contribution >= 0.6 is 0 Å². The van der Waals surface area contributed by atoms with E-state index < -0.39 is 5.97 Å². The molecule has 0 amide bonds. The van der Waals surface area contributed by atoms with Crippen molar-refractivity contribution in [2.75, 3.05) is 5.17 Å². The highest BCUT2D eigenvalue weighted by atomic mass is 16.7. The molecule has 1 aromatic carbocycles. The standard InChI is InChI=1S/C14H16N2O2/c1-4-8-12(5-2)14(17)18-16(15)13-10-7-6-9-11(13)3/h4-10H,1-2,15H2,3H3/b12-8+. The Labute approximate surface area is 107 Å². The molecular weight excluding hydrogens is 228 g/mol. The van der Waals surface area contributed by atoms with E-state index in [1.54, 1.807) is 6.07 Å². The van der Waals surface area contributed by atoms with Crippen LogP contribution in [0.15, 0.2) is 61.2 Å². The summed E-state index contributed by atoms with van der Waals surface area (Å²) in [6, 6.07) is 7.32. The molecule has 0 atom stereocenters. The molecule has 4 nitrogen and oxygen atoms in total. The number of allylic oxidation sites excluding steroid dienone is 2. The van der Waals surface area contributed by atoms with Gasteiger partial charge in [0.15, 0.2) is 0 Å². The molecule has 1 aromatic rings. The number of hydrazine groups is 1. The van der Waals surface area contributed by atoms with Crippen LogP contribution in [-0.2, 0) is 9.63 Å². The third kappa shape index (κ3) is 3.33. The van der Waals surface area contributed by atoms with Gasteiger partial charge < -0.3 is 4.84 Å². The molecule has 0 saturated heterocycles. The van der Waals surface area contributed by atoms with Crippen LogP contribution < -0.4 is 11.0 Å². The van der Waals surface area contributed by atoms with Crippen molar-refractivity contribution in [3.63, 3.8) is 0 Å². The molecule has 0 fully saturated rings. The molecule has 0 heterocycles. The van der Waals surface area contributed by atoms with Crippen molar-refractivity contribution in [3.8, 4) is 0 Å². The number of hydrogen-bond acceptors (Lipinski definition) is 4. The van der Waals surface area contributed by atoms with Gasteiger partial charge in [-0.15, -0.1) is 5.17 Å². The Hall–Kier alpha value is -2.33. The predicted octanol–water partition coefficient (Wildman–Crippen LogP) is 2.43. The highest BCUT2D eigenvalue weighted by molar-refractivity contribution is 5.92. The molecule has 0 unspecified atom stereocenters. The van der Waals surface area contributed by atoms with Crippen molar-refractivity contribution in [3.05, 3.63) is 66.8 Å². The lowest BCUT2D eigenvalue weighted by atomic mass is 10.2. The quantitative estimate of drug-likeness (QED) is 0.374. The molecule has 0 spiro atoms. The zero-order valence-electron chi connectivity index (χ0n) is 10.3. The van der Waals surface area contributed by atoms with Gasteiger partial charge in [0.2, 0.25) is 0 Å². The van der Waals surface area contributed by atoms with Crippen molar-refractivity contribution in [2.45, 2.75) is 6.92 Å². The molecule has 0 bridgehead atoms. The average molecular weight is 244 g/mol. The van der Waals surface area contributed by atoms with Gasteiger partial charge in [-0.25, -0.2) is 10.6 Å². The minimum Gasteiger partial charge on any atom is -0.320 e. The minimum atomic E-state index is -0.587. The maximum atomic E-state index is 11.7. The molecule has 18 heavy (non-hydrogen) atoms. The molecule has 4 heteroatoms. The Kier molecular flexibility index (Phi) is 4.90. The van der Waals surface area contributed by atoms with Gasteiger partial charge in [0.25, 0.3) is 0 Å². The molecule has 1 rings (SSSR count). The van der Waals surface area contributed by atoms with Crippen LogP contribution in [0.25, 0.3) is 0 Å². The lowest BCUT2D eigenvalue weighted by Gasteiger charge is -2.19. The number of benzene rings is 1. The first-order valence-electron chi connectivity index (χ1n) is 5.38. The van der Waals surface area contributed by atoms with Crippen LogP contribution in [0.1, 0.15) is 5.56 Å². The van der Waals surface area contributed by atoms with E-state index in [2.05, 4.69) is 13.2 Å². The molecule has 94 valence electrons. The summed E-state index contributed by atoms with van der Waals surface area (Å²) in [6.07, 6.45) is 4.36. The van der Waals surface area contributed by atoms with E-state index in [1.807, 2.05) is 25.1 Å². The third-order valence-electron chi connectivity index (χ3n) is 2.29. The monoisotopic (exact) mass is 244 g/mol. The van der Waals surface area contributed by atoms with E-state index in [1.165, 1.54) is 18.2 Å². The fourth-order valence-electron chi connectivity index (χ4n) is 1.35. The average Bonchev–Trinajstić information content (AvgIpc) is 2.36. The summed E-state index contributed by atoms with van der Waals surface area (Å²) in [4.78, 5) is 16.7. The number of hydrogen-bond donors (Lipinski definition) is 1. The van der Waals surface area contributed by atoms with E-state index in [4.69, 9.17) is 10.7 Å². The van der Waals surface area contributed by atoms with Crippen molar-refractivity contribution >= 4 is 11.7 Å². The number of aryl methyl sites for hydroxylation is 1. The predicted molar refractivity (Wildman–Crippen MR) is 72.4 cm³/mol. The number of nitrogens with two attached hydrogens (primary N) is 1. The first-order valence-corrected chi connectivity index (χ1v) is 5.38. The minimum absolute atomic E-state index is 0.286. The zero-order chi connectivity index (χ0) is 13.5. The topological polar surface area (TPSA) is 55.6 Å². The van der Waals surface area contributed by atoms with Crippen LogP contribution in [0, 0.1) is 6.92 Å². The van der Waals surface area contributed by atoms with Crippen LogP contribution in [-0.4, -0.2) is 5.97 Å². The lowest BCUT2D eigenvalue weighted by molar-refractivity contribution is -0.140. The highest BCUT2D eigenvalue weighted by Crippen LogP contribution is 2.17. The van der Waals surface area contributed by atoms with E-state index in [0.29, 0.717) is 5.69 Å². The molecule has 0 aliphatic rings. The lowest BCUT2D eigenvalue weighted by Crippen LogP contribution is -2.34. The first-order chi connectivity index (χ1) is 8.60. The van der Waals surface area contributed by atoms with Crippen LogP contribution in [0.3, 0.4) is 0 Å². The SMILES string of the molecule is C=C/C=C(\C=C)C(=O)ON(N)c1ccccc1C. The summed E-state index contributed by atoms with van der Waals surface area (Å²) >= 11 is 0. The fraction of sp³-hybridized carbons (Fsp3) is 0.0714. The van der Waals surface area contributed by atoms with Crippen molar-refractivity contribution in [2.24, 2.45) is 5.84 Å². The maximum Gasteiger partial charge on any atom is 0.365 e. The summed E-state index contributed by atoms with van der Waals surface area (Å²) in [6.45, 7) is 8.90. The summed E-state index contributed by atoms with van der Waals surface area (Å²) in [7, 11) is 0. The molecule has 0 aromatic heterocycles. The molecule has 0 saturated carbocycles. The van der Waals surface area contributed by atoms with Gasteiger partial charge in [0, 0.05) is 0 Å². The van der Waals surface area contributed by atoms with Crippen molar-refractivity contribution in [1.29, 1.82) is 0 Å². The smallest absolute Gasteiger partial charge is 0.320 e. The number of carbonyl (C=O) groups is 1. The Morgan fingerprint density at radius 2 is 2.06 bits per heavy atom. The summed E-state index contributed by atoms with van der Waals surface area (Å²) in [5.74, 6) is 5.10. The number of nitrogens with zero attached hydrogens (tertiary/aromatic N) is 1. The Morgan fingerprint density at radius 3 is 2.61 bits per heavy atom. The Morgan fingerprint density at radius 1 is 1.39 bits per heavy atom. The van der Waals surface area contributed by atoms with E-state index in [9.17, 15) is 4.79 Å². The first kappa shape index (κ1) is 13.7. The number of anilines is 1. The van der Waals surface area contributed by atoms with Gasteiger partial charge in [-0.05, 0) is 24.6 Å². The summed E-state index contributed by atoms with van der Waals surface area (Å²) < 4.78 is 0. The largest absolute Gasteiger partial charge is 0.365 e. The second-order valence-corrected chi connectivity index (χ2v) is 3.55. The van der Waals surface area contributed by atoms with Gasteiger partial charge in [-0.2, -0.15) is 0 Å². The fourth-order valence-corrected chi connectivity index (χ4v) is 1.35. The summed E-state index contributed by atoms with van der Waals surface area (Å²) in [5.41, 5.74) is 1.81.